The normalized spacial score (nSPS) is 19.6. The van der Waals surface area contributed by atoms with Gasteiger partial charge in [0.1, 0.15) is 11.6 Å². The van der Waals surface area contributed by atoms with E-state index in [0.29, 0.717) is 12.5 Å². The molecule has 22 heavy (non-hydrogen) atoms. The summed E-state index contributed by atoms with van der Waals surface area (Å²) in [7, 11) is -3.11. The van der Waals surface area contributed by atoms with Crippen molar-refractivity contribution in [2.24, 2.45) is 0 Å². The maximum atomic E-state index is 13.4. The molecule has 1 unspecified atom stereocenters. The number of amides is 2. The fourth-order valence-corrected chi connectivity index (χ4v) is 3.79. The molecule has 0 saturated carbocycles. The highest BCUT2D eigenvalue weighted by molar-refractivity contribution is 7.91. The number of sulfone groups is 1. The summed E-state index contributed by atoms with van der Waals surface area (Å²) in [5.41, 5.74) is -0.377. The molecule has 9 heteroatoms. The van der Waals surface area contributed by atoms with E-state index in [-0.39, 0.29) is 17.1 Å². The van der Waals surface area contributed by atoms with Crippen molar-refractivity contribution in [3.63, 3.8) is 0 Å². The standard InChI is InChI=1S/C13H14F2N2O4S/c14-8-1-2-10(11(15)5-8)13(19)16-6-12(18)17-9-3-4-22(20,21)7-9/h1-2,5,9H,3-4,6-7H2,(H,16,19)(H,17,18). The Morgan fingerprint density at radius 1 is 1.27 bits per heavy atom. The van der Waals surface area contributed by atoms with Gasteiger partial charge in [-0.15, -0.1) is 0 Å². The maximum Gasteiger partial charge on any atom is 0.254 e. The van der Waals surface area contributed by atoms with Gasteiger partial charge in [0.05, 0.1) is 23.6 Å². The molecule has 6 nitrogen and oxygen atoms in total. The third kappa shape index (κ3) is 4.23. The van der Waals surface area contributed by atoms with Gasteiger partial charge >= 0.3 is 0 Å². The molecule has 1 saturated heterocycles. The Hall–Kier alpha value is -2.03. The lowest BCUT2D eigenvalue weighted by atomic mass is 10.2. The SMILES string of the molecule is O=C(CNC(=O)c1ccc(F)cc1F)NC1CCS(=O)(=O)C1. The Bertz CT molecular complexity index is 706. The van der Waals surface area contributed by atoms with Crippen LogP contribution in [0.25, 0.3) is 0 Å². The molecule has 2 N–H and O–H groups in total. The smallest absolute Gasteiger partial charge is 0.254 e. The van der Waals surface area contributed by atoms with Gasteiger partial charge in [-0.05, 0) is 18.6 Å². The lowest BCUT2D eigenvalue weighted by molar-refractivity contribution is -0.120. The van der Waals surface area contributed by atoms with Gasteiger partial charge in [-0.2, -0.15) is 0 Å². The molecule has 1 atom stereocenters. The zero-order chi connectivity index (χ0) is 16.3. The third-order valence-electron chi connectivity index (χ3n) is 3.18. The summed E-state index contributed by atoms with van der Waals surface area (Å²) in [4.78, 5) is 23.3. The van der Waals surface area contributed by atoms with Gasteiger partial charge in [0.25, 0.3) is 5.91 Å². The Morgan fingerprint density at radius 2 is 2.00 bits per heavy atom. The van der Waals surface area contributed by atoms with Crippen LogP contribution >= 0.6 is 0 Å². The highest BCUT2D eigenvalue weighted by atomic mass is 32.2. The average Bonchev–Trinajstić information content (AvgIpc) is 2.75. The van der Waals surface area contributed by atoms with E-state index in [4.69, 9.17) is 0 Å². The predicted octanol–water partition coefficient (Wildman–Crippen LogP) is -0.00210. The second-order valence-corrected chi connectivity index (χ2v) is 7.20. The molecule has 1 heterocycles. The first-order valence-corrected chi connectivity index (χ1v) is 8.32. The van der Waals surface area contributed by atoms with Gasteiger partial charge in [0, 0.05) is 12.1 Å². The van der Waals surface area contributed by atoms with Gasteiger partial charge in [-0.1, -0.05) is 0 Å². The molecular formula is C13H14F2N2O4S. The summed E-state index contributed by atoms with van der Waals surface area (Å²) in [5, 5.41) is 4.67. The van der Waals surface area contributed by atoms with E-state index in [1.807, 2.05) is 0 Å². The highest BCUT2D eigenvalue weighted by Gasteiger charge is 2.28. The number of halogens is 2. The van der Waals surface area contributed by atoms with Crippen LogP contribution in [-0.4, -0.2) is 44.3 Å². The highest BCUT2D eigenvalue weighted by Crippen LogP contribution is 2.11. The van der Waals surface area contributed by atoms with Crippen molar-refractivity contribution in [3.8, 4) is 0 Å². The molecule has 0 radical (unpaired) electrons. The van der Waals surface area contributed by atoms with E-state index in [9.17, 15) is 26.8 Å². The number of rotatable bonds is 4. The van der Waals surface area contributed by atoms with Crippen LogP contribution < -0.4 is 10.6 Å². The van der Waals surface area contributed by atoms with Crippen LogP contribution in [0.2, 0.25) is 0 Å². The second kappa shape index (κ2) is 6.39. The molecule has 1 aliphatic heterocycles. The fraction of sp³-hybridized carbons (Fsp3) is 0.385. The van der Waals surface area contributed by atoms with Crippen LogP contribution in [0.15, 0.2) is 18.2 Å². The zero-order valence-electron chi connectivity index (χ0n) is 11.4. The van der Waals surface area contributed by atoms with E-state index >= 15 is 0 Å². The van der Waals surface area contributed by atoms with Crippen molar-refractivity contribution in [1.82, 2.24) is 10.6 Å². The second-order valence-electron chi connectivity index (χ2n) is 4.97. The van der Waals surface area contributed by atoms with Crippen LogP contribution in [-0.2, 0) is 14.6 Å². The molecule has 1 aliphatic rings. The van der Waals surface area contributed by atoms with Crippen LogP contribution in [0.4, 0.5) is 8.78 Å². The van der Waals surface area contributed by atoms with Crippen molar-refractivity contribution in [2.45, 2.75) is 12.5 Å². The monoisotopic (exact) mass is 332 g/mol. The fourth-order valence-electron chi connectivity index (χ4n) is 2.12. The average molecular weight is 332 g/mol. The molecule has 0 spiro atoms. The van der Waals surface area contributed by atoms with Crippen molar-refractivity contribution < 1.29 is 26.8 Å². The van der Waals surface area contributed by atoms with Crippen LogP contribution in [0.5, 0.6) is 0 Å². The largest absolute Gasteiger partial charge is 0.351 e. The van der Waals surface area contributed by atoms with E-state index in [2.05, 4.69) is 10.6 Å². The number of hydrogen-bond donors (Lipinski definition) is 2. The van der Waals surface area contributed by atoms with Gasteiger partial charge in [-0.25, -0.2) is 17.2 Å². The number of benzene rings is 1. The van der Waals surface area contributed by atoms with Gasteiger partial charge in [0.15, 0.2) is 9.84 Å². The zero-order valence-corrected chi connectivity index (χ0v) is 12.3. The Morgan fingerprint density at radius 3 is 2.59 bits per heavy atom. The van der Waals surface area contributed by atoms with E-state index in [0.717, 1.165) is 12.1 Å². The minimum absolute atomic E-state index is 0.0189. The molecule has 0 bridgehead atoms. The van der Waals surface area contributed by atoms with Gasteiger partial charge in [0.2, 0.25) is 5.91 Å². The van der Waals surface area contributed by atoms with Crippen molar-refractivity contribution in [2.75, 3.05) is 18.1 Å². The summed E-state index contributed by atoms with van der Waals surface area (Å²) < 4.78 is 48.6. The minimum Gasteiger partial charge on any atom is -0.351 e. The number of carbonyl (C=O) groups excluding carboxylic acids is 2. The van der Waals surface area contributed by atoms with E-state index in [1.165, 1.54) is 0 Å². The molecular weight excluding hydrogens is 318 g/mol. The first-order chi connectivity index (χ1) is 10.3. The van der Waals surface area contributed by atoms with Gasteiger partial charge < -0.3 is 10.6 Å². The van der Waals surface area contributed by atoms with Crippen molar-refractivity contribution >= 4 is 21.7 Å². The molecule has 0 aliphatic carbocycles. The van der Waals surface area contributed by atoms with Gasteiger partial charge in [-0.3, -0.25) is 9.59 Å². The van der Waals surface area contributed by atoms with Crippen molar-refractivity contribution in [3.05, 3.63) is 35.4 Å². The first-order valence-electron chi connectivity index (χ1n) is 6.50. The molecule has 0 aromatic heterocycles. The van der Waals surface area contributed by atoms with Crippen molar-refractivity contribution in [1.29, 1.82) is 0 Å². The van der Waals surface area contributed by atoms with E-state index in [1.54, 1.807) is 0 Å². The summed E-state index contributed by atoms with van der Waals surface area (Å²) in [6.07, 6.45) is 0.328. The molecule has 2 rings (SSSR count). The minimum atomic E-state index is -3.11. The quantitative estimate of drug-likeness (QED) is 0.812. The van der Waals surface area contributed by atoms with Crippen LogP contribution in [0.3, 0.4) is 0 Å². The maximum absolute atomic E-state index is 13.4. The molecule has 1 fully saturated rings. The summed E-state index contributed by atoms with van der Waals surface area (Å²) >= 11 is 0. The third-order valence-corrected chi connectivity index (χ3v) is 4.95. The van der Waals surface area contributed by atoms with E-state index < -0.39 is 45.9 Å². The topological polar surface area (TPSA) is 92.3 Å². The Kier molecular flexibility index (Phi) is 4.74. The predicted molar refractivity (Wildman–Crippen MR) is 73.9 cm³/mol. The summed E-state index contributed by atoms with van der Waals surface area (Å²) in [5.74, 6) is -3.37. The number of carbonyl (C=O) groups is 2. The molecule has 120 valence electrons. The number of hydrogen-bond acceptors (Lipinski definition) is 4. The summed E-state index contributed by atoms with van der Waals surface area (Å²) in [6.45, 7) is -0.424. The Labute approximate surface area is 125 Å². The number of nitrogens with one attached hydrogen (secondary N) is 2. The molecule has 2 amide bonds. The summed E-state index contributed by atoms with van der Waals surface area (Å²) in [6, 6.07) is 2.00. The Balaban J connectivity index is 1.84. The lowest BCUT2D eigenvalue weighted by Crippen LogP contribution is -2.42. The van der Waals surface area contributed by atoms with Crippen LogP contribution in [0.1, 0.15) is 16.8 Å². The lowest BCUT2D eigenvalue weighted by Gasteiger charge is -2.11. The first kappa shape index (κ1) is 16.3. The molecule has 1 aromatic carbocycles. The van der Waals surface area contributed by atoms with Crippen LogP contribution in [0, 0.1) is 11.6 Å². The molecule has 1 aromatic rings.